The van der Waals surface area contributed by atoms with Crippen LogP contribution in [0.15, 0.2) is 45.9 Å². The fraction of sp³-hybridized carbons (Fsp3) is 0.438. The molecule has 0 aromatic heterocycles. The summed E-state index contributed by atoms with van der Waals surface area (Å²) >= 11 is 1.62. The van der Waals surface area contributed by atoms with Gasteiger partial charge in [0.15, 0.2) is 0 Å². The van der Waals surface area contributed by atoms with Gasteiger partial charge in [-0.2, -0.15) is 13.2 Å². The van der Waals surface area contributed by atoms with Crippen LogP contribution in [0.2, 0.25) is 0 Å². The van der Waals surface area contributed by atoms with E-state index in [2.05, 4.69) is 9.30 Å². The van der Waals surface area contributed by atoms with E-state index in [9.17, 15) is 13.2 Å². The highest BCUT2D eigenvalue weighted by Crippen LogP contribution is 2.25. The van der Waals surface area contributed by atoms with E-state index in [-0.39, 0.29) is 12.4 Å². The van der Waals surface area contributed by atoms with Gasteiger partial charge in [-0.1, -0.05) is 0 Å². The van der Waals surface area contributed by atoms with Crippen molar-refractivity contribution in [3.05, 3.63) is 36.0 Å². The van der Waals surface area contributed by atoms with E-state index < -0.39 is 11.9 Å². The van der Waals surface area contributed by atoms with Crippen molar-refractivity contribution in [2.75, 3.05) is 38.6 Å². The van der Waals surface area contributed by atoms with Crippen molar-refractivity contribution in [3.8, 4) is 0 Å². The van der Waals surface area contributed by atoms with Crippen LogP contribution in [0.4, 0.5) is 18.9 Å². The summed E-state index contributed by atoms with van der Waals surface area (Å²) in [5.74, 6) is 0. The van der Waals surface area contributed by atoms with Gasteiger partial charge in [0.05, 0.1) is 6.67 Å². The van der Waals surface area contributed by atoms with E-state index in [1.165, 1.54) is 6.92 Å². The van der Waals surface area contributed by atoms with Gasteiger partial charge in [-0.25, -0.2) is 4.31 Å². The fourth-order valence-corrected chi connectivity index (χ4v) is 3.15. The average molecular weight is 373 g/mol. The predicted molar refractivity (Wildman–Crippen MR) is 96.2 cm³/mol. The van der Waals surface area contributed by atoms with Crippen LogP contribution < -0.4 is 11.5 Å². The summed E-state index contributed by atoms with van der Waals surface area (Å²) < 4.78 is 40.9. The molecule has 9 heteroatoms. The van der Waals surface area contributed by atoms with Crippen molar-refractivity contribution in [1.82, 2.24) is 9.21 Å². The van der Waals surface area contributed by atoms with Gasteiger partial charge in [-0.3, -0.25) is 9.89 Å². The molecule has 1 aromatic carbocycles. The van der Waals surface area contributed by atoms with Crippen molar-refractivity contribution in [1.29, 1.82) is 0 Å². The van der Waals surface area contributed by atoms with E-state index in [4.69, 9.17) is 11.5 Å². The number of hydrogen-bond acceptors (Lipinski definition) is 6. The van der Waals surface area contributed by atoms with Crippen molar-refractivity contribution in [3.63, 3.8) is 0 Å². The van der Waals surface area contributed by atoms with Crippen molar-refractivity contribution in [2.24, 2.45) is 10.7 Å². The summed E-state index contributed by atoms with van der Waals surface area (Å²) in [7, 11) is 0. The molecule has 0 aliphatic carbocycles. The minimum Gasteiger partial charge on any atom is -0.402 e. The zero-order chi connectivity index (χ0) is 18.4. The van der Waals surface area contributed by atoms with E-state index in [0.29, 0.717) is 18.8 Å². The molecule has 0 unspecified atom stereocenters. The molecule has 0 bridgehead atoms. The summed E-state index contributed by atoms with van der Waals surface area (Å²) in [6, 6.07) is 7.60. The third-order valence-corrected chi connectivity index (χ3v) is 4.65. The molecular formula is C16H22F3N5S. The van der Waals surface area contributed by atoms with Gasteiger partial charge in [-0.05, 0) is 49.2 Å². The van der Waals surface area contributed by atoms with Crippen molar-refractivity contribution in [2.45, 2.75) is 18.0 Å². The number of aliphatic imine (C=N–C) groups is 1. The summed E-state index contributed by atoms with van der Waals surface area (Å²) in [6.45, 7) is 4.23. The molecule has 25 heavy (non-hydrogen) atoms. The Morgan fingerprint density at radius 1 is 1.20 bits per heavy atom. The molecule has 0 atom stereocenters. The van der Waals surface area contributed by atoms with Gasteiger partial charge in [0.1, 0.15) is 5.71 Å². The van der Waals surface area contributed by atoms with Gasteiger partial charge >= 0.3 is 6.18 Å². The molecule has 5 nitrogen and oxygen atoms in total. The van der Waals surface area contributed by atoms with Crippen LogP contribution in [-0.4, -0.2) is 53.9 Å². The van der Waals surface area contributed by atoms with Crippen LogP contribution in [0, 0.1) is 0 Å². The summed E-state index contributed by atoms with van der Waals surface area (Å²) in [6.07, 6.45) is -3.62. The monoisotopic (exact) mass is 373 g/mol. The second kappa shape index (κ2) is 8.59. The molecule has 0 amide bonds. The van der Waals surface area contributed by atoms with Crippen molar-refractivity contribution < 1.29 is 13.2 Å². The third kappa shape index (κ3) is 6.60. The topological polar surface area (TPSA) is 70.9 Å². The van der Waals surface area contributed by atoms with Crippen LogP contribution in [0.5, 0.6) is 0 Å². The molecular weight excluding hydrogens is 351 g/mol. The summed E-state index contributed by atoms with van der Waals surface area (Å²) in [5.41, 5.74) is 10.9. The number of rotatable bonds is 5. The predicted octanol–water partition coefficient (Wildman–Crippen LogP) is 2.72. The molecule has 1 saturated heterocycles. The lowest BCUT2D eigenvalue weighted by molar-refractivity contribution is -0.0581. The third-order valence-electron chi connectivity index (χ3n) is 3.54. The highest BCUT2D eigenvalue weighted by atomic mass is 32.2. The molecule has 138 valence electrons. The Bertz CT molecular complexity index is 616. The van der Waals surface area contributed by atoms with Crippen LogP contribution >= 0.6 is 11.9 Å². The highest BCUT2D eigenvalue weighted by molar-refractivity contribution is 7.97. The number of nitrogens with two attached hydrogens (primary N) is 2. The first-order valence-corrected chi connectivity index (χ1v) is 8.57. The molecule has 0 saturated carbocycles. The fourth-order valence-electron chi connectivity index (χ4n) is 2.25. The zero-order valence-corrected chi connectivity index (χ0v) is 14.8. The number of anilines is 1. The molecule has 2 rings (SSSR count). The van der Waals surface area contributed by atoms with Crippen LogP contribution in [-0.2, 0) is 0 Å². The smallest absolute Gasteiger partial charge is 0.402 e. The number of nitrogens with zero attached hydrogens (tertiary/aromatic N) is 3. The second-order valence-corrected chi connectivity index (χ2v) is 6.95. The standard InChI is InChI=1S/C16H22F3N5S/c1-12(20)10-15(16(17,18)19)22-11-23-6-8-24(9-7-23)25-14-4-2-13(21)3-5-14/h2-5,10H,6-9,11,20-21H2,1H3/b12-10-,22-15+. The van der Waals surface area contributed by atoms with Gasteiger partial charge in [0.2, 0.25) is 0 Å². The van der Waals surface area contributed by atoms with E-state index >= 15 is 0 Å². The maximum Gasteiger partial charge on any atom is 0.433 e. The van der Waals surface area contributed by atoms with E-state index in [0.717, 1.165) is 24.1 Å². The lowest BCUT2D eigenvalue weighted by Crippen LogP contribution is -2.43. The maximum atomic E-state index is 12.9. The second-order valence-electron chi connectivity index (χ2n) is 5.78. The summed E-state index contributed by atoms with van der Waals surface area (Å²) in [4.78, 5) is 6.68. The Morgan fingerprint density at radius 3 is 2.32 bits per heavy atom. The zero-order valence-electron chi connectivity index (χ0n) is 14.0. The number of alkyl halides is 3. The van der Waals surface area contributed by atoms with Crippen LogP contribution in [0.1, 0.15) is 6.92 Å². The molecule has 1 aliphatic heterocycles. The molecule has 0 radical (unpaired) electrons. The van der Waals surface area contributed by atoms with E-state index in [1.54, 1.807) is 11.9 Å². The number of allylic oxidation sites excluding steroid dienone is 2. The number of halogens is 3. The molecule has 1 heterocycles. The van der Waals surface area contributed by atoms with E-state index in [1.807, 2.05) is 29.2 Å². The van der Waals surface area contributed by atoms with Crippen molar-refractivity contribution >= 4 is 23.3 Å². The molecule has 1 fully saturated rings. The lowest BCUT2D eigenvalue weighted by atomic mass is 10.3. The summed E-state index contributed by atoms with van der Waals surface area (Å²) in [5, 5.41) is 0. The minimum atomic E-state index is -4.49. The first-order chi connectivity index (χ1) is 11.7. The average Bonchev–Trinajstić information content (AvgIpc) is 2.53. The Labute approximate surface area is 149 Å². The Kier molecular flexibility index (Phi) is 6.74. The Morgan fingerprint density at radius 2 is 1.80 bits per heavy atom. The molecule has 1 aliphatic rings. The molecule has 1 aromatic rings. The maximum absolute atomic E-state index is 12.9. The van der Waals surface area contributed by atoms with Crippen LogP contribution in [0.25, 0.3) is 0 Å². The Hall–Kier alpha value is -1.71. The lowest BCUT2D eigenvalue weighted by Gasteiger charge is -2.32. The minimum absolute atomic E-state index is 0.0129. The number of hydrogen-bond donors (Lipinski definition) is 2. The number of benzene rings is 1. The largest absolute Gasteiger partial charge is 0.433 e. The van der Waals surface area contributed by atoms with Gasteiger partial charge in [0, 0.05) is 42.5 Å². The van der Waals surface area contributed by atoms with Gasteiger partial charge in [-0.15, -0.1) is 0 Å². The van der Waals surface area contributed by atoms with Gasteiger partial charge < -0.3 is 11.5 Å². The Balaban J connectivity index is 1.86. The van der Waals surface area contributed by atoms with Gasteiger partial charge in [0.25, 0.3) is 0 Å². The first kappa shape index (κ1) is 19.6. The SMILES string of the molecule is C/C(N)=C/C(=N\CN1CCN(Sc2ccc(N)cc2)CC1)C(F)(F)F. The molecule has 0 spiro atoms. The number of nitrogen functional groups attached to an aromatic ring is 1. The highest BCUT2D eigenvalue weighted by Gasteiger charge is 2.34. The van der Waals surface area contributed by atoms with Crippen LogP contribution in [0.3, 0.4) is 0 Å². The molecule has 4 N–H and O–H groups in total. The number of piperazine rings is 1. The first-order valence-electron chi connectivity index (χ1n) is 7.80. The normalized spacial score (nSPS) is 18.6. The quantitative estimate of drug-likeness (QED) is 0.472.